The third-order valence-corrected chi connectivity index (χ3v) is 18.8. The molecule has 0 spiro atoms. The Morgan fingerprint density at radius 3 is 1.09 bits per heavy atom. The van der Waals surface area contributed by atoms with E-state index in [-0.39, 0.29) is 98.9 Å². The molecule has 565 valence electrons. The molecule has 0 aliphatic heterocycles. The predicted molar refractivity (Wildman–Crippen MR) is 447 cm³/mol. The number of rotatable bonds is 10. The number of aliphatic hydroxyl groups is 1. The van der Waals surface area contributed by atoms with Crippen LogP contribution in [0.15, 0.2) is 279 Å². The van der Waals surface area contributed by atoms with Gasteiger partial charge in [-0.2, -0.15) is 0 Å². The monoisotopic (exact) mass is 1980 g/mol. The van der Waals surface area contributed by atoms with Crippen molar-refractivity contribution in [1.29, 1.82) is 0 Å². The fourth-order valence-corrected chi connectivity index (χ4v) is 12.5. The molecule has 0 saturated heterocycles. The molecule has 0 aliphatic rings. The molecule has 10 aromatic carbocycles. The van der Waals surface area contributed by atoms with Crippen LogP contribution < -0.4 is 0 Å². The van der Waals surface area contributed by atoms with Crippen LogP contribution in [0.4, 0.5) is 0 Å². The van der Waals surface area contributed by atoms with E-state index in [2.05, 4.69) is 332 Å². The van der Waals surface area contributed by atoms with Gasteiger partial charge in [0.1, 0.15) is 0 Å². The first kappa shape index (κ1) is 85.9. The topological polar surface area (TPSA) is 115 Å². The van der Waals surface area contributed by atoms with Gasteiger partial charge < -0.3 is 20.1 Å². The van der Waals surface area contributed by atoms with Crippen LogP contribution in [0.25, 0.3) is 123 Å². The summed E-state index contributed by atoms with van der Waals surface area (Å²) in [7, 11) is 0. The molecule has 11 heteroatoms. The molecule has 0 amide bonds. The van der Waals surface area contributed by atoms with E-state index in [1.807, 2.05) is 67.1 Å². The van der Waals surface area contributed by atoms with E-state index in [9.17, 15) is 4.79 Å². The summed E-state index contributed by atoms with van der Waals surface area (Å²) in [4.78, 5) is 38.7. The van der Waals surface area contributed by atoms with Gasteiger partial charge in [-0.25, -0.2) is 15.0 Å². The van der Waals surface area contributed by atoms with Gasteiger partial charge >= 0.3 is 0 Å². The molecule has 0 atom stereocenters. The molecule has 8 nitrogen and oxygen atoms in total. The first-order chi connectivity index (χ1) is 50.8. The average molecular weight is 1980 g/mol. The van der Waals surface area contributed by atoms with Gasteiger partial charge in [0, 0.05) is 102 Å². The fourth-order valence-electron chi connectivity index (χ4n) is 12.5. The predicted octanol–water partition coefficient (Wildman–Crippen LogP) is 25.7. The van der Waals surface area contributed by atoms with Crippen LogP contribution in [0.5, 0.6) is 0 Å². The molecule has 110 heavy (non-hydrogen) atoms. The number of pyridine rings is 3. The van der Waals surface area contributed by atoms with Crippen molar-refractivity contribution in [2.45, 2.75) is 145 Å². The standard InChI is InChI=1S/C41H38N.C34H33N4.C19H18N.C5H8O2.3Ir/c1-40(2,3)36-18-14-28(15-19-36)33-25-34(29-16-20-37(21-17-29)41(4,5)6)27-35(26-33)31-11-9-12-32(24-31)39-38-13-8-7-10-30(38)22-23-42-39;1-33(2,3)27-17-12-24(13-18-27)30-36-31(25-14-19-28(20-15-25)34(4,5)6)38-32(37-30)26-16-21-29(35-22-26)23-10-8-7-9-11-23;1-19(2,3)16-10-8-15(9-11-16)18-17-7-5-4-6-14(17)12-13-20-18;1-4(6)3-5(2)7;;;/h7-11,13-27H,1-6H3;7-10,12-22H,1-6H3;4-8,10-13H,1-3H3;3,6H,1-2H3;;;/q3*-1;;;;. The zero-order valence-corrected chi connectivity index (χ0v) is 73.2. The molecular formula is C99H97Ir3N6O2-3. The summed E-state index contributed by atoms with van der Waals surface area (Å²) >= 11 is 0. The van der Waals surface area contributed by atoms with Crippen LogP contribution in [0.2, 0.25) is 0 Å². The maximum Gasteiger partial charge on any atom is 0.165 e. The first-order valence-corrected chi connectivity index (χ1v) is 36.7. The molecule has 0 bridgehead atoms. The number of hydrogen-bond acceptors (Lipinski definition) is 8. The quantitative estimate of drug-likeness (QED) is 0.0818. The summed E-state index contributed by atoms with van der Waals surface area (Å²) in [5.41, 5.74) is 22.8. The summed E-state index contributed by atoms with van der Waals surface area (Å²) in [6.45, 7) is 36.3. The molecule has 3 radical (unpaired) electrons. The van der Waals surface area contributed by atoms with Crippen molar-refractivity contribution in [3.05, 3.63) is 325 Å². The average Bonchev–Trinajstić information content (AvgIpc) is 0.795. The largest absolute Gasteiger partial charge is 0.512 e. The zero-order valence-electron chi connectivity index (χ0n) is 66.0. The second-order valence-corrected chi connectivity index (χ2v) is 32.5. The van der Waals surface area contributed by atoms with E-state index < -0.39 is 0 Å². The van der Waals surface area contributed by atoms with E-state index in [1.54, 1.807) is 0 Å². The molecule has 0 unspecified atom stereocenters. The molecular weight excluding hydrogens is 1880 g/mol. The molecule has 0 aliphatic carbocycles. The fraction of sp³-hybridized carbons (Fsp3) is 0.222. The van der Waals surface area contributed by atoms with Gasteiger partial charge in [-0.3, -0.25) is 4.79 Å². The number of ketones is 1. The van der Waals surface area contributed by atoms with Crippen LogP contribution in [0.3, 0.4) is 0 Å². The van der Waals surface area contributed by atoms with Crippen LogP contribution in [0, 0.1) is 18.2 Å². The minimum atomic E-state index is -0.125. The van der Waals surface area contributed by atoms with Crippen molar-refractivity contribution < 1.29 is 70.2 Å². The number of carbonyl (C=O) groups excluding carboxylic acids is 1. The van der Waals surface area contributed by atoms with Crippen molar-refractivity contribution in [2.24, 2.45) is 0 Å². The Hall–Kier alpha value is -9.66. The first-order valence-electron chi connectivity index (χ1n) is 36.7. The number of allylic oxidation sites excluding steroid dienone is 2. The summed E-state index contributed by atoms with van der Waals surface area (Å²) < 4.78 is 0. The van der Waals surface area contributed by atoms with Gasteiger partial charge in [-0.15, -0.1) is 107 Å². The number of fused-ring (bicyclic) bond motifs is 2. The van der Waals surface area contributed by atoms with Gasteiger partial charge in [0.25, 0.3) is 0 Å². The second-order valence-electron chi connectivity index (χ2n) is 32.5. The van der Waals surface area contributed by atoms with Crippen molar-refractivity contribution >= 4 is 27.3 Å². The molecule has 1 N–H and O–H groups in total. The molecule has 0 fully saturated rings. The maximum atomic E-state index is 10.0. The van der Waals surface area contributed by atoms with Gasteiger partial charge in [-0.1, -0.05) is 262 Å². The Balaban J connectivity index is 0.000000205. The second kappa shape index (κ2) is 36.9. The maximum absolute atomic E-state index is 10.0. The van der Waals surface area contributed by atoms with E-state index in [4.69, 9.17) is 25.0 Å². The number of hydrogen-bond donors (Lipinski definition) is 1. The van der Waals surface area contributed by atoms with Crippen molar-refractivity contribution in [1.82, 2.24) is 29.9 Å². The van der Waals surface area contributed by atoms with Gasteiger partial charge in [0.2, 0.25) is 0 Å². The zero-order chi connectivity index (χ0) is 76.4. The summed E-state index contributed by atoms with van der Waals surface area (Å²) in [6, 6.07) is 97.6. The van der Waals surface area contributed by atoms with Gasteiger partial charge in [-0.05, 0) is 160 Å². The molecule has 14 aromatic rings. The van der Waals surface area contributed by atoms with E-state index in [1.165, 1.54) is 91.7 Å². The van der Waals surface area contributed by atoms with Crippen LogP contribution in [0.1, 0.15) is 146 Å². The number of carbonyl (C=O) groups is 1. The molecule has 14 rings (SSSR count). The molecule has 4 aromatic heterocycles. The molecule has 4 heterocycles. The Morgan fingerprint density at radius 2 is 0.718 bits per heavy atom. The van der Waals surface area contributed by atoms with E-state index in [0.717, 1.165) is 61.4 Å². The van der Waals surface area contributed by atoms with Crippen LogP contribution in [-0.2, 0) is 92.2 Å². The van der Waals surface area contributed by atoms with E-state index >= 15 is 0 Å². The SMILES string of the molecule is CC(=O)C=C(C)O.CC(C)(C)c1c[c-]c(-c2nccc3ccccc23)cc1.CC(C)(C)c1ccc(-c2cc(-c3ccc(C(C)(C)C)cc3)cc(-c3cc[c-]c(-c4nccc5ccccc45)c3)c2)cc1.CC(C)(C)c1ccc(-c2nc(-c3ccc(C(C)(C)C)cc3)nc(-c3ccc(-c4[c-]cccc4)nc3)n2)cc1.[Ir].[Ir].[Ir]. The number of aromatic nitrogens is 6. The number of nitrogens with zero attached hydrogens (tertiary/aromatic N) is 6. The summed E-state index contributed by atoms with van der Waals surface area (Å²) in [5, 5.41) is 13.1. The smallest absolute Gasteiger partial charge is 0.165 e. The minimum absolute atomic E-state index is 0. The number of aliphatic hydroxyl groups excluding tert-OH is 1. The third-order valence-electron chi connectivity index (χ3n) is 18.8. The van der Waals surface area contributed by atoms with Crippen molar-refractivity contribution in [3.8, 4) is 101 Å². The minimum Gasteiger partial charge on any atom is -0.512 e. The Bertz CT molecular complexity index is 5250. The number of benzene rings is 10. The Kier molecular flexibility index (Phi) is 28.8. The van der Waals surface area contributed by atoms with Crippen LogP contribution >= 0.6 is 0 Å². The Labute approximate surface area is 693 Å². The summed E-state index contributed by atoms with van der Waals surface area (Å²) in [6.07, 6.45) is 6.74. The normalized spacial score (nSPS) is 11.6. The third kappa shape index (κ3) is 22.3. The Morgan fingerprint density at radius 1 is 0.336 bits per heavy atom. The van der Waals surface area contributed by atoms with Gasteiger partial charge in [0.05, 0.1) is 5.76 Å². The van der Waals surface area contributed by atoms with Crippen molar-refractivity contribution in [2.75, 3.05) is 0 Å². The molecule has 0 saturated carbocycles. The van der Waals surface area contributed by atoms with Gasteiger partial charge in [0.15, 0.2) is 23.3 Å². The van der Waals surface area contributed by atoms with Crippen LogP contribution in [-0.4, -0.2) is 40.8 Å². The van der Waals surface area contributed by atoms with Crippen molar-refractivity contribution in [3.63, 3.8) is 0 Å². The summed E-state index contributed by atoms with van der Waals surface area (Å²) in [5.74, 6) is 1.82. The van der Waals surface area contributed by atoms with E-state index in [0.29, 0.717) is 17.5 Å².